The highest BCUT2D eigenvalue weighted by molar-refractivity contribution is 9.10. The number of benzene rings is 2. The first kappa shape index (κ1) is 24.0. The van der Waals surface area contributed by atoms with Crippen molar-refractivity contribution in [1.82, 2.24) is 14.7 Å². The highest BCUT2D eigenvalue weighted by Gasteiger charge is 2.56. The number of carbonyl (C=O) groups excluding carboxylic acids is 1. The van der Waals surface area contributed by atoms with Crippen LogP contribution in [0.5, 0.6) is 0 Å². The summed E-state index contributed by atoms with van der Waals surface area (Å²) in [7, 11) is 0. The Morgan fingerprint density at radius 2 is 1.77 bits per heavy atom. The molecule has 184 valence electrons. The van der Waals surface area contributed by atoms with Crippen LogP contribution in [-0.2, 0) is 6.54 Å². The van der Waals surface area contributed by atoms with E-state index in [9.17, 15) is 18.4 Å². The van der Waals surface area contributed by atoms with E-state index in [0.29, 0.717) is 23.4 Å². The first-order valence-electron chi connectivity index (χ1n) is 11.9. The van der Waals surface area contributed by atoms with E-state index in [4.69, 9.17) is 0 Å². The fraction of sp³-hybridized carbons (Fsp3) is 0.407. The lowest BCUT2D eigenvalue weighted by molar-refractivity contribution is -0.113. The third-order valence-corrected chi connectivity index (χ3v) is 8.85. The smallest absolute Gasteiger partial charge is 0.284 e. The summed E-state index contributed by atoms with van der Waals surface area (Å²) in [6.45, 7) is 6.51. The Hall–Kier alpha value is -2.74. The molecule has 3 fully saturated rings. The number of nitrogens with one attached hydrogen (secondary N) is 1. The van der Waals surface area contributed by atoms with Gasteiger partial charge in [0, 0.05) is 22.3 Å². The minimum atomic E-state index is -0.711. The molecule has 0 saturated heterocycles. The highest BCUT2D eigenvalue weighted by atomic mass is 79.9. The van der Waals surface area contributed by atoms with Crippen LogP contribution in [0, 0.1) is 34.8 Å². The van der Waals surface area contributed by atoms with Gasteiger partial charge in [-0.05, 0) is 72.4 Å². The molecule has 0 radical (unpaired) electrons. The van der Waals surface area contributed by atoms with Gasteiger partial charge in [0.05, 0.1) is 12.2 Å². The van der Waals surface area contributed by atoms with Gasteiger partial charge in [0.1, 0.15) is 17.2 Å². The van der Waals surface area contributed by atoms with Gasteiger partial charge in [-0.15, -0.1) is 0 Å². The summed E-state index contributed by atoms with van der Waals surface area (Å²) in [4.78, 5) is 26.8. The molecule has 3 aliphatic rings. The lowest BCUT2D eigenvalue weighted by Gasteiger charge is -2.62. The first-order chi connectivity index (χ1) is 16.6. The predicted octanol–water partition coefficient (Wildman–Crippen LogP) is 5.53. The summed E-state index contributed by atoms with van der Waals surface area (Å²) in [6.07, 6.45) is 3.46. The molecule has 1 N–H and O–H groups in total. The van der Waals surface area contributed by atoms with E-state index >= 15 is 0 Å². The highest BCUT2D eigenvalue weighted by Crippen LogP contribution is 2.61. The molecule has 3 unspecified atom stereocenters. The van der Waals surface area contributed by atoms with Gasteiger partial charge in [-0.3, -0.25) is 14.3 Å². The molecule has 3 saturated carbocycles. The molecule has 0 spiro atoms. The number of halogens is 3. The summed E-state index contributed by atoms with van der Waals surface area (Å²) < 4.78 is 32.3. The molecule has 4 atom stereocenters. The van der Waals surface area contributed by atoms with E-state index in [-0.39, 0.29) is 29.1 Å². The standard InChI is InChI=1S/C27H28BrF2N3O2/c1-15-21-11-16(27(21,2)3)12-24(15)31-25(34)20-14-32(13-19-22(29)5-4-6-23(19)30)33(26(20)35)18-9-7-17(28)8-10-18/h4-10,14-16,21,24H,11-13H2,1-3H3,(H,31,34)/t15-,16?,21?,24?/m1/s1. The van der Waals surface area contributed by atoms with E-state index in [1.165, 1.54) is 40.2 Å². The largest absolute Gasteiger partial charge is 0.349 e. The fourth-order valence-electron chi connectivity index (χ4n) is 6.04. The van der Waals surface area contributed by atoms with Gasteiger partial charge >= 0.3 is 0 Å². The SMILES string of the molecule is C[C@H]1C(NC(=O)c2cn(Cc3c(F)cccc3F)n(-c3ccc(Br)cc3)c2=O)CC2CC1C2(C)C. The van der Waals surface area contributed by atoms with Gasteiger partial charge in [-0.1, -0.05) is 42.8 Å². The Bertz CT molecular complexity index is 1330. The molecule has 35 heavy (non-hydrogen) atoms. The van der Waals surface area contributed by atoms with Crippen molar-refractivity contribution in [2.45, 2.75) is 46.2 Å². The van der Waals surface area contributed by atoms with E-state index in [2.05, 4.69) is 42.0 Å². The van der Waals surface area contributed by atoms with Gasteiger partial charge in [-0.2, -0.15) is 0 Å². The van der Waals surface area contributed by atoms with Gasteiger partial charge in [0.15, 0.2) is 0 Å². The molecule has 2 aromatic carbocycles. The molecule has 0 aliphatic heterocycles. The Morgan fingerprint density at radius 1 is 1.11 bits per heavy atom. The Balaban J connectivity index is 1.50. The molecule has 1 aromatic heterocycles. The quantitative estimate of drug-likeness (QED) is 0.460. The number of rotatable bonds is 5. The maximum absolute atomic E-state index is 14.4. The number of hydrogen-bond acceptors (Lipinski definition) is 2. The van der Waals surface area contributed by atoms with Gasteiger partial charge in [-0.25, -0.2) is 13.5 Å². The fourth-order valence-corrected chi connectivity index (χ4v) is 6.31. The molecule has 2 bridgehead atoms. The van der Waals surface area contributed by atoms with Crippen molar-refractivity contribution in [2.24, 2.45) is 23.2 Å². The summed E-state index contributed by atoms with van der Waals surface area (Å²) in [5.41, 5.74) is 0.0136. The van der Waals surface area contributed by atoms with Crippen LogP contribution in [0.15, 0.2) is 57.9 Å². The molecular weight excluding hydrogens is 516 g/mol. The van der Waals surface area contributed by atoms with Crippen molar-refractivity contribution in [3.8, 4) is 5.69 Å². The average Bonchev–Trinajstić information content (AvgIpc) is 3.13. The lowest BCUT2D eigenvalue weighted by atomic mass is 9.45. The number of amides is 1. The third-order valence-electron chi connectivity index (χ3n) is 8.33. The number of nitrogens with zero attached hydrogens (tertiary/aromatic N) is 2. The molecule has 3 aliphatic carbocycles. The Labute approximate surface area is 211 Å². The molecule has 8 heteroatoms. The third kappa shape index (κ3) is 4.05. The van der Waals surface area contributed by atoms with Crippen LogP contribution in [0.25, 0.3) is 5.69 Å². The molecule has 1 heterocycles. The number of hydrogen-bond donors (Lipinski definition) is 1. The van der Waals surface area contributed by atoms with Gasteiger partial charge in [0.2, 0.25) is 0 Å². The van der Waals surface area contributed by atoms with Crippen molar-refractivity contribution in [3.63, 3.8) is 0 Å². The van der Waals surface area contributed by atoms with Crippen molar-refractivity contribution < 1.29 is 13.6 Å². The Morgan fingerprint density at radius 3 is 2.37 bits per heavy atom. The molecule has 3 aromatic rings. The monoisotopic (exact) mass is 543 g/mol. The molecule has 5 nitrogen and oxygen atoms in total. The van der Waals surface area contributed by atoms with Gasteiger partial charge < -0.3 is 5.32 Å². The van der Waals surface area contributed by atoms with Crippen molar-refractivity contribution in [2.75, 3.05) is 0 Å². The van der Waals surface area contributed by atoms with Crippen molar-refractivity contribution in [3.05, 3.63) is 86.2 Å². The molecule has 1 amide bonds. The maximum Gasteiger partial charge on any atom is 0.284 e. The second kappa shape index (κ2) is 8.73. The van der Waals surface area contributed by atoms with E-state index < -0.39 is 23.1 Å². The van der Waals surface area contributed by atoms with Crippen LogP contribution >= 0.6 is 15.9 Å². The zero-order chi connectivity index (χ0) is 25.1. The number of carbonyl (C=O) groups is 1. The van der Waals surface area contributed by atoms with Crippen LogP contribution in [0.2, 0.25) is 0 Å². The maximum atomic E-state index is 14.4. The molecular formula is C27H28BrF2N3O2. The number of fused-ring (bicyclic) bond motifs is 2. The lowest BCUT2D eigenvalue weighted by Crippen LogP contribution is -2.60. The zero-order valence-corrected chi connectivity index (χ0v) is 21.5. The number of aromatic nitrogens is 2. The van der Waals surface area contributed by atoms with Crippen molar-refractivity contribution >= 4 is 21.8 Å². The normalized spacial score (nSPS) is 24.6. The van der Waals surface area contributed by atoms with Crippen molar-refractivity contribution in [1.29, 1.82) is 0 Å². The summed E-state index contributed by atoms with van der Waals surface area (Å²) in [6, 6.07) is 10.6. The predicted molar refractivity (Wildman–Crippen MR) is 134 cm³/mol. The zero-order valence-electron chi connectivity index (χ0n) is 19.9. The van der Waals surface area contributed by atoms with E-state index in [0.717, 1.165) is 10.9 Å². The minimum Gasteiger partial charge on any atom is -0.349 e. The average molecular weight is 544 g/mol. The van der Waals surface area contributed by atoms with Crippen LogP contribution < -0.4 is 10.9 Å². The topological polar surface area (TPSA) is 56.0 Å². The van der Waals surface area contributed by atoms with Crippen LogP contribution in [0.3, 0.4) is 0 Å². The molecule has 6 rings (SSSR count). The first-order valence-corrected chi connectivity index (χ1v) is 12.7. The summed E-state index contributed by atoms with van der Waals surface area (Å²) in [5, 5.41) is 3.09. The van der Waals surface area contributed by atoms with E-state index in [1.54, 1.807) is 24.3 Å². The van der Waals surface area contributed by atoms with Crippen LogP contribution in [0.4, 0.5) is 8.78 Å². The summed E-state index contributed by atoms with van der Waals surface area (Å²) in [5.74, 6) is -0.469. The van der Waals surface area contributed by atoms with E-state index in [1.807, 2.05) is 0 Å². The van der Waals surface area contributed by atoms with Crippen LogP contribution in [-0.4, -0.2) is 21.3 Å². The second-order valence-electron chi connectivity index (χ2n) is 10.5. The second-order valence-corrected chi connectivity index (χ2v) is 11.4. The minimum absolute atomic E-state index is 0.00725. The Kier molecular flexibility index (Phi) is 5.98. The van der Waals surface area contributed by atoms with Gasteiger partial charge in [0.25, 0.3) is 11.5 Å². The van der Waals surface area contributed by atoms with Crippen LogP contribution in [0.1, 0.15) is 49.5 Å². The summed E-state index contributed by atoms with van der Waals surface area (Å²) >= 11 is 3.38.